The van der Waals surface area contributed by atoms with Crippen LogP contribution in [0.3, 0.4) is 0 Å². The van der Waals surface area contributed by atoms with Gasteiger partial charge in [0.2, 0.25) is 5.95 Å². The Morgan fingerprint density at radius 1 is 0.273 bits per heavy atom. The van der Waals surface area contributed by atoms with Crippen molar-refractivity contribution in [3.8, 4) is 67.8 Å². The van der Waals surface area contributed by atoms with Crippen LogP contribution in [-0.2, 0) is 0 Å². The van der Waals surface area contributed by atoms with Gasteiger partial charge >= 0.3 is 0 Å². The van der Waals surface area contributed by atoms with Gasteiger partial charge < -0.3 is 4.57 Å². The van der Waals surface area contributed by atoms with Gasteiger partial charge in [-0.1, -0.05) is 200 Å². The fourth-order valence-electron chi connectivity index (χ4n) is 9.88. The average Bonchev–Trinajstić information content (AvgIpc) is 3.91. The molecular weight excluding hydrogens is 803 g/mol. The summed E-state index contributed by atoms with van der Waals surface area (Å²) in [6.45, 7) is 0. The van der Waals surface area contributed by atoms with Crippen molar-refractivity contribution in [2.24, 2.45) is 0 Å². The Balaban J connectivity index is 1.08. The van der Waals surface area contributed by atoms with Crippen molar-refractivity contribution in [2.75, 3.05) is 0 Å². The molecule has 0 aliphatic carbocycles. The molecule has 0 radical (unpaired) electrons. The van der Waals surface area contributed by atoms with E-state index in [4.69, 9.17) is 15.0 Å². The summed E-state index contributed by atoms with van der Waals surface area (Å²) in [5.41, 5.74) is 14.2. The lowest BCUT2D eigenvalue weighted by atomic mass is 9.94. The highest BCUT2D eigenvalue weighted by Gasteiger charge is 2.24. The zero-order valence-electron chi connectivity index (χ0n) is 35.8. The number of rotatable bonds is 7. The number of para-hydroxylation sites is 2. The Morgan fingerprint density at radius 3 is 1.35 bits per heavy atom. The lowest BCUT2D eigenvalue weighted by Gasteiger charge is -2.16. The fourth-order valence-corrected chi connectivity index (χ4v) is 9.88. The van der Waals surface area contributed by atoms with Crippen molar-refractivity contribution in [2.45, 2.75) is 0 Å². The van der Waals surface area contributed by atoms with Crippen LogP contribution in [0, 0.1) is 0 Å². The van der Waals surface area contributed by atoms with Crippen LogP contribution in [0.4, 0.5) is 0 Å². The van der Waals surface area contributed by atoms with Gasteiger partial charge in [0.15, 0.2) is 11.6 Å². The molecule has 5 heteroatoms. The summed E-state index contributed by atoms with van der Waals surface area (Å²) < 4.78 is 4.68. The summed E-state index contributed by atoms with van der Waals surface area (Å²) in [5, 5.41) is 6.99. The van der Waals surface area contributed by atoms with E-state index in [1.807, 2.05) is 24.3 Å². The van der Waals surface area contributed by atoms with Gasteiger partial charge in [0.05, 0.1) is 22.1 Å². The molecule has 0 bridgehead atoms. The minimum absolute atomic E-state index is 0.558. The first-order chi connectivity index (χ1) is 32.7. The highest BCUT2D eigenvalue weighted by Crippen LogP contribution is 2.44. The van der Waals surface area contributed by atoms with Gasteiger partial charge in [-0.2, -0.15) is 9.97 Å². The van der Waals surface area contributed by atoms with Crippen LogP contribution in [0.25, 0.3) is 122 Å². The Kier molecular flexibility index (Phi) is 8.78. The quantitative estimate of drug-likeness (QED) is 0.161. The normalized spacial score (nSPS) is 11.6. The number of hydrogen-bond donors (Lipinski definition) is 0. The summed E-state index contributed by atoms with van der Waals surface area (Å²) in [6, 6.07) is 84.1. The number of aromatic nitrogens is 5. The molecule has 13 rings (SSSR count). The van der Waals surface area contributed by atoms with Gasteiger partial charge in [0.1, 0.15) is 0 Å². The Morgan fingerprint density at radius 2 is 0.712 bits per heavy atom. The molecule has 0 atom stereocenters. The van der Waals surface area contributed by atoms with Gasteiger partial charge in [0.25, 0.3) is 0 Å². The first kappa shape index (κ1) is 37.6. The van der Waals surface area contributed by atoms with E-state index in [0.717, 1.165) is 77.3 Å². The summed E-state index contributed by atoms with van der Waals surface area (Å²) in [4.78, 5) is 15.9. The van der Waals surface area contributed by atoms with Crippen molar-refractivity contribution >= 4 is 54.4 Å². The Bertz CT molecular complexity index is 3950. The monoisotopic (exact) mass is 841 g/mol. The summed E-state index contributed by atoms with van der Waals surface area (Å²) in [5.74, 6) is 1.78. The fraction of sp³-hybridized carbons (Fsp3) is 0. The Hall–Kier alpha value is -8.93. The van der Waals surface area contributed by atoms with Crippen LogP contribution >= 0.6 is 0 Å². The third-order valence-corrected chi connectivity index (χ3v) is 13.0. The zero-order chi connectivity index (χ0) is 43.6. The molecule has 10 aromatic carbocycles. The molecule has 0 unspecified atom stereocenters. The van der Waals surface area contributed by atoms with Crippen molar-refractivity contribution in [3.63, 3.8) is 0 Å². The van der Waals surface area contributed by atoms with E-state index in [1.54, 1.807) is 0 Å². The number of hydrogen-bond acceptors (Lipinski definition) is 3. The topological polar surface area (TPSA) is 48.5 Å². The molecule has 0 spiro atoms. The second kappa shape index (κ2) is 15.4. The minimum atomic E-state index is 0.558. The van der Waals surface area contributed by atoms with Crippen LogP contribution in [0.15, 0.2) is 237 Å². The molecule has 0 N–H and O–H groups in total. The maximum atomic E-state index is 5.39. The molecule has 0 aliphatic rings. The van der Waals surface area contributed by atoms with E-state index in [9.17, 15) is 0 Å². The number of fused-ring (bicyclic) bond motifs is 7. The molecule has 0 fully saturated rings. The SMILES string of the molecule is c1ccc(-c2ccc(-c3nc(-c4ccccc4)nc(-n4c5ccccc5c5cc6ccccc6c(-c6ccc7c8ccccc8n(-c8ccc(-c9ccccc9)cc8)c7c6)c54)n3)cc2)cc1. The molecule has 3 aromatic heterocycles. The smallest absolute Gasteiger partial charge is 0.238 e. The summed E-state index contributed by atoms with van der Waals surface area (Å²) in [6.07, 6.45) is 0. The van der Waals surface area contributed by atoms with Crippen LogP contribution in [0.2, 0.25) is 0 Å². The van der Waals surface area contributed by atoms with E-state index in [0.29, 0.717) is 17.6 Å². The molecule has 0 amide bonds. The second-order valence-electron chi connectivity index (χ2n) is 16.8. The van der Waals surface area contributed by atoms with Crippen molar-refractivity contribution in [1.82, 2.24) is 24.1 Å². The lowest BCUT2D eigenvalue weighted by Crippen LogP contribution is -2.07. The van der Waals surface area contributed by atoms with Gasteiger partial charge in [-0.15, -0.1) is 0 Å². The lowest BCUT2D eigenvalue weighted by molar-refractivity contribution is 0.954. The first-order valence-electron chi connectivity index (χ1n) is 22.4. The summed E-state index contributed by atoms with van der Waals surface area (Å²) >= 11 is 0. The Labute approximate surface area is 381 Å². The molecule has 13 aromatic rings. The third-order valence-electron chi connectivity index (χ3n) is 13.0. The van der Waals surface area contributed by atoms with Crippen molar-refractivity contribution in [1.29, 1.82) is 0 Å². The second-order valence-corrected chi connectivity index (χ2v) is 16.8. The molecule has 3 heterocycles. The van der Waals surface area contributed by atoms with Crippen LogP contribution in [0.1, 0.15) is 0 Å². The minimum Gasteiger partial charge on any atom is -0.309 e. The third kappa shape index (κ3) is 6.21. The number of nitrogens with zero attached hydrogens (tertiary/aromatic N) is 5. The van der Waals surface area contributed by atoms with Crippen LogP contribution < -0.4 is 0 Å². The molecule has 0 saturated heterocycles. The molecule has 66 heavy (non-hydrogen) atoms. The van der Waals surface area contributed by atoms with Gasteiger partial charge in [-0.3, -0.25) is 4.57 Å². The first-order valence-corrected chi connectivity index (χ1v) is 22.4. The highest BCUT2D eigenvalue weighted by molar-refractivity contribution is 6.22. The van der Waals surface area contributed by atoms with Gasteiger partial charge in [-0.25, -0.2) is 4.98 Å². The van der Waals surface area contributed by atoms with E-state index >= 15 is 0 Å². The maximum Gasteiger partial charge on any atom is 0.238 e. The number of benzene rings is 10. The molecule has 308 valence electrons. The van der Waals surface area contributed by atoms with E-state index in [-0.39, 0.29) is 0 Å². The van der Waals surface area contributed by atoms with E-state index < -0.39 is 0 Å². The molecule has 0 aliphatic heterocycles. The van der Waals surface area contributed by atoms with Gasteiger partial charge in [-0.05, 0) is 75.0 Å². The predicted octanol–water partition coefficient (Wildman–Crippen LogP) is 15.6. The van der Waals surface area contributed by atoms with E-state index in [2.05, 4.69) is 221 Å². The van der Waals surface area contributed by atoms with Crippen molar-refractivity contribution < 1.29 is 0 Å². The molecule has 5 nitrogen and oxygen atoms in total. The van der Waals surface area contributed by atoms with Crippen LogP contribution in [-0.4, -0.2) is 24.1 Å². The average molecular weight is 842 g/mol. The molecular formula is C61H39N5. The standard InChI is InChI=1S/C61H39N5/c1-4-16-40(17-5-1)42-28-30-45(31-29-42)60-62-59(44-20-8-3-9-21-44)63-61(64-60)66-55-27-15-13-25-51(55)53-38-46-22-10-11-23-49(46)57(58(53)66)47-34-37-52-50-24-12-14-26-54(50)65(56(52)39-47)48-35-32-43(33-36-48)41-18-6-2-7-19-41/h1-39H. The predicted molar refractivity (Wildman–Crippen MR) is 273 cm³/mol. The van der Waals surface area contributed by atoms with Gasteiger partial charge in [0, 0.05) is 43.9 Å². The highest BCUT2D eigenvalue weighted by atomic mass is 15.2. The molecule has 0 saturated carbocycles. The van der Waals surface area contributed by atoms with E-state index in [1.165, 1.54) is 27.3 Å². The zero-order valence-corrected chi connectivity index (χ0v) is 35.8. The van der Waals surface area contributed by atoms with Crippen LogP contribution in [0.5, 0.6) is 0 Å². The maximum absolute atomic E-state index is 5.39. The largest absolute Gasteiger partial charge is 0.309 e. The summed E-state index contributed by atoms with van der Waals surface area (Å²) in [7, 11) is 0. The van der Waals surface area contributed by atoms with Crippen molar-refractivity contribution in [3.05, 3.63) is 237 Å².